The Labute approximate surface area is 172 Å². The van der Waals surface area contributed by atoms with Crippen molar-refractivity contribution in [3.05, 3.63) is 71.0 Å². The highest BCUT2D eigenvalue weighted by Gasteiger charge is 2.31. The number of rotatable bonds is 6. The molecular weight excluding hydrogens is 400 g/mol. The minimum Gasteiger partial charge on any atom is -0.390 e. The summed E-state index contributed by atoms with van der Waals surface area (Å²) in [5.74, 6) is -0.921. The van der Waals surface area contributed by atoms with Gasteiger partial charge >= 0.3 is 6.18 Å². The molecule has 0 aliphatic carbocycles. The van der Waals surface area contributed by atoms with E-state index in [1.54, 1.807) is 32.0 Å². The van der Waals surface area contributed by atoms with Crippen molar-refractivity contribution in [2.24, 2.45) is 11.1 Å². The van der Waals surface area contributed by atoms with Gasteiger partial charge in [0.1, 0.15) is 5.82 Å². The van der Waals surface area contributed by atoms with Gasteiger partial charge in [0.2, 0.25) is 5.91 Å². The van der Waals surface area contributed by atoms with Crippen LogP contribution in [-0.4, -0.2) is 29.2 Å². The molecule has 0 bridgehead atoms. The summed E-state index contributed by atoms with van der Waals surface area (Å²) < 4.78 is 52.5. The lowest BCUT2D eigenvalue weighted by Crippen LogP contribution is -2.39. The van der Waals surface area contributed by atoms with Crippen LogP contribution in [0.4, 0.5) is 17.6 Å². The molecule has 2 aromatic rings. The molecule has 1 amide bonds. The number of oxime groups is 1. The number of alkyl halides is 3. The predicted molar refractivity (Wildman–Crippen MR) is 104 cm³/mol. The van der Waals surface area contributed by atoms with Crippen LogP contribution in [0.15, 0.2) is 53.7 Å². The summed E-state index contributed by atoms with van der Waals surface area (Å²) in [6, 6.07) is 10.9. The number of halogens is 4. The van der Waals surface area contributed by atoms with Crippen LogP contribution in [0.1, 0.15) is 37.0 Å². The number of amides is 1. The molecule has 3 rings (SSSR count). The molecule has 2 aromatic carbocycles. The van der Waals surface area contributed by atoms with Crippen molar-refractivity contribution in [2.45, 2.75) is 39.1 Å². The zero-order valence-electron chi connectivity index (χ0n) is 16.6. The average Bonchev–Trinajstić information content (AvgIpc) is 3.15. The van der Waals surface area contributed by atoms with Crippen LogP contribution < -0.4 is 0 Å². The summed E-state index contributed by atoms with van der Waals surface area (Å²) >= 11 is 0. The van der Waals surface area contributed by atoms with Crippen LogP contribution in [0.5, 0.6) is 0 Å². The van der Waals surface area contributed by atoms with E-state index in [1.807, 2.05) is 0 Å². The topological polar surface area (TPSA) is 41.9 Å². The quantitative estimate of drug-likeness (QED) is 0.614. The van der Waals surface area contributed by atoms with Gasteiger partial charge in [0, 0.05) is 24.4 Å². The SMILES string of the molecule is CC(C)C(=O)N(Cc1cccc(C(F)(F)F)c1)C[C@H]1CC(c2cccc(F)c2)=NO1. The lowest BCUT2D eigenvalue weighted by atomic mass is 10.0. The maximum absolute atomic E-state index is 13.5. The van der Waals surface area contributed by atoms with Gasteiger partial charge in [-0.05, 0) is 29.8 Å². The third-order valence-electron chi connectivity index (χ3n) is 4.75. The van der Waals surface area contributed by atoms with E-state index >= 15 is 0 Å². The van der Waals surface area contributed by atoms with Crippen molar-refractivity contribution in [3.63, 3.8) is 0 Å². The molecule has 0 fully saturated rings. The normalized spacial score (nSPS) is 16.4. The van der Waals surface area contributed by atoms with Gasteiger partial charge in [-0.25, -0.2) is 4.39 Å². The maximum atomic E-state index is 13.5. The lowest BCUT2D eigenvalue weighted by molar-refractivity contribution is -0.137. The van der Waals surface area contributed by atoms with Crippen molar-refractivity contribution in [3.8, 4) is 0 Å². The second-order valence-corrected chi connectivity index (χ2v) is 7.55. The van der Waals surface area contributed by atoms with Crippen molar-refractivity contribution >= 4 is 11.6 Å². The first-order valence-corrected chi connectivity index (χ1v) is 9.57. The fourth-order valence-corrected chi connectivity index (χ4v) is 3.27. The molecule has 1 aliphatic rings. The molecule has 0 N–H and O–H groups in total. The lowest BCUT2D eigenvalue weighted by Gasteiger charge is -2.27. The Morgan fingerprint density at radius 1 is 1.20 bits per heavy atom. The summed E-state index contributed by atoms with van der Waals surface area (Å²) in [5, 5.41) is 4.00. The third kappa shape index (κ3) is 5.37. The molecule has 0 spiro atoms. The Hall–Kier alpha value is -2.90. The molecule has 1 aliphatic heterocycles. The summed E-state index contributed by atoms with van der Waals surface area (Å²) in [5.41, 5.74) is 0.779. The van der Waals surface area contributed by atoms with Gasteiger partial charge in [0.25, 0.3) is 0 Å². The van der Waals surface area contributed by atoms with Gasteiger partial charge in [-0.3, -0.25) is 4.79 Å². The van der Waals surface area contributed by atoms with Crippen LogP contribution >= 0.6 is 0 Å². The van der Waals surface area contributed by atoms with Gasteiger partial charge in [0.15, 0.2) is 6.10 Å². The minimum absolute atomic E-state index is 0.0239. The van der Waals surface area contributed by atoms with Crippen molar-refractivity contribution in [1.29, 1.82) is 0 Å². The molecule has 0 aromatic heterocycles. The van der Waals surface area contributed by atoms with Gasteiger partial charge in [-0.15, -0.1) is 0 Å². The summed E-state index contributed by atoms with van der Waals surface area (Å²) in [6.07, 6.45) is -4.55. The standard InChI is InChI=1S/C22H22F4N2O2/c1-14(2)21(29)28(12-15-5-3-7-17(9-15)22(24,25)26)13-19-11-20(27-30-19)16-6-4-8-18(23)10-16/h3-10,14,19H,11-13H2,1-2H3/t19-/m1/s1. The molecule has 8 heteroatoms. The van der Waals surface area contributed by atoms with Crippen LogP contribution in [0, 0.1) is 11.7 Å². The number of hydrogen-bond donors (Lipinski definition) is 0. The van der Waals surface area contributed by atoms with Crippen LogP contribution in [0.3, 0.4) is 0 Å². The van der Waals surface area contributed by atoms with Crippen LogP contribution in [0.2, 0.25) is 0 Å². The molecule has 30 heavy (non-hydrogen) atoms. The number of benzene rings is 2. The summed E-state index contributed by atoms with van der Waals surface area (Å²) in [7, 11) is 0. The molecule has 0 unspecified atom stereocenters. The van der Waals surface area contributed by atoms with Crippen LogP contribution in [0.25, 0.3) is 0 Å². The highest BCUT2D eigenvalue weighted by Crippen LogP contribution is 2.30. The largest absolute Gasteiger partial charge is 0.416 e. The molecule has 0 saturated carbocycles. The Kier molecular flexibility index (Phi) is 6.43. The summed E-state index contributed by atoms with van der Waals surface area (Å²) in [4.78, 5) is 19.6. The zero-order chi connectivity index (χ0) is 21.9. The van der Waals surface area contributed by atoms with E-state index in [1.165, 1.54) is 23.1 Å². The first kappa shape index (κ1) is 21.8. The molecule has 160 valence electrons. The second-order valence-electron chi connectivity index (χ2n) is 7.55. The monoisotopic (exact) mass is 422 g/mol. The van der Waals surface area contributed by atoms with E-state index in [-0.39, 0.29) is 30.7 Å². The van der Waals surface area contributed by atoms with E-state index in [0.717, 1.165) is 12.1 Å². The van der Waals surface area contributed by atoms with E-state index < -0.39 is 17.8 Å². The smallest absolute Gasteiger partial charge is 0.390 e. The second kappa shape index (κ2) is 8.85. The van der Waals surface area contributed by atoms with E-state index in [4.69, 9.17) is 4.84 Å². The first-order chi connectivity index (χ1) is 14.1. The van der Waals surface area contributed by atoms with E-state index in [2.05, 4.69) is 5.16 Å². The average molecular weight is 422 g/mol. The van der Waals surface area contributed by atoms with Gasteiger partial charge < -0.3 is 9.74 Å². The fourth-order valence-electron chi connectivity index (χ4n) is 3.27. The number of carbonyl (C=O) groups is 1. The third-order valence-corrected chi connectivity index (χ3v) is 4.75. The highest BCUT2D eigenvalue weighted by atomic mass is 19.4. The fraction of sp³-hybridized carbons (Fsp3) is 0.364. The molecule has 0 radical (unpaired) electrons. The minimum atomic E-state index is -4.45. The number of hydrogen-bond acceptors (Lipinski definition) is 3. The Bertz CT molecular complexity index is 941. The van der Waals surface area contributed by atoms with Crippen molar-refractivity contribution in [1.82, 2.24) is 4.90 Å². The van der Waals surface area contributed by atoms with E-state index in [9.17, 15) is 22.4 Å². The van der Waals surface area contributed by atoms with Gasteiger partial charge in [0.05, 0.1) is 17.8 Å². The van der Waals surface area contributed by atoms with E-state index in [0.29, 0.717) is 23.3 Å². The number of carbonyl (C=O) groups excluding carboxylic acids is 1. The first-order valence-electron chi connectivity index (χ1n) is 9.57. The predicted octanol–water partition coefficient (Wildman–Crippen LogP) is 5.02. The van der Waals surface area contributed by atoms with Gasteiger partial charge in [-0.2, -0.15) is 13.2 Å². The molecule has 1 atom stereocenters. The molecular formula is C22H22F4N2O2. The Morgan fingerprint density at radius 2 is 1.93 bits per heavy atom. The van der Waals surface area contributed by atoms with Gasteiger partial charge in [-0.1, -0.05) is 43.3 Å². The van der Waals surface area contributed by atoms with Crippen molar-refractivity contribution in [2.75, 3.05) is 6.54 Å². The molecule has 4 nitrogen and oxygen atoms in total. The summed E-state index contributed by atoms with van der Waals surface area (Å²) in [6.45, 7) is 3.64. The maximum Gasteiger partial charge on any atom is 0.416 e. The van der Waals surface area contributed by atoms with Crippen molar-refractivity contribution < 1.29 is 27.2 Å². The zero-order valence-corrected chi connectivity index (χ0v) is 16.6. The molecule has 0 saturated heterocycles. The number of nitrogens with zero attached hydrogens (tertiary/aromatic N) is 2. The van der Waals surface area contributed by atoms with Crippen LogP contribution in [-0.2, 0) is 22.4 Å². The Morgan fingerprint density at radius 3 is 2.60 bits per heavy atom. The highest BCUT2D eigenvalue weighted by molar-refractivity contribution is 6.01. The molecule has 1 heterocycles. The Balaban J connectivity index is 1.72.